The molecule has 1 rings (SSSR count). The van der Waals surface area contributed by atoms with Gasteiger partial charge in [0.1, 0.15) is 0 Å². The summed E-state index contributed by atoms with van der Waals surface area (Å²) in [6.45, 7) is 3.59. The minimum atomic E-state index is -0.248. The van der Waals surface area contributed by atoms with Crippen LogP contribution >= 0.6 is 0 Å². The Labute approximate surface area is 84.9 Å². The molecule has 4 N–H and O–H groups in total. The largest absolute Gasteiger partial charge is 0.355 e. The summed E-state index contributed by atoms with van der Waals surface area (Å²) in [5, 5.41) is 5.91. The minimum absolute atomic E-state index is 0.0226. The molecular weight excluding hydrogens is 178 g/mol. The van der Waals surface area contributed by atoms with E-state index in [1.54, 1.807) is 0 Å². The van der Waals surface area contributed by atoms with Crippen LogP contribution in [0.15, 0.2) is 12.2 Å². The summed E-state index contributed by atoms with van der Waals surface area (Å²) in [5.41, 5.74) is 5.76. The first-order chi connectivity index (χ1) is 6.75. The molecule has 0 saturated carbocycles. The second-order valence-electron chi connectivity index (χ2n) is 3.53. The van der Waals surface area contributed by atoms with Gasteiger partial charge in [0, 0.05) is 13.1 Å². The average molecular weight is 197 g/mol. The molecule has 4 heteroatoms. The fourth-order valence-corrected chi connectivity index (χ4v) is 1.42. The number of hydrogen-bond donors (Lipinski definition) is 3. The van der Waals surface area contributed by atoms with Crippen LogP contribution in [0.25, 0.3) is 0 Å². The number of nitrogens with one attached hydrogen (secondary N) is 2. The molecule has 0 saturated heterocycles. The third-order valence-electron chi connectivity index (χ3n) is 2.33. The van der Waals surface area contributed by atoms with Gasteiger partial charge in [0.05, 0.1) is 12.1 Å². The van der Waals surface area contributed by atoms with Crippen molar-refractivity contribution in [3.8, 4) is 0 Å². The van der Waals surface area contributed by atoms with E-state index in [1.807, 2.05) is 12.2 Å². The van der Waals surface area contributed by atoms with Gasteiger partial charge in [0.15, 0.2) is 0 Å². The van der Waals surface area contributed by atoms with E-state index in [-0.39, 0.29) is 18.0 Å². The summed E-state index contributed by atoms with van der Waals surface area (Å²) < 4.78 is 0. The van der Waals surface area contributed by atoms with Crippen molar-refractivity contribution < 1.29 is 4.79 Å². The number of hydrogen-bond acceptors (Lipinski definition) is 3. The summed E-state index contributed by atoms with van der Waals surface area (Å²) >= 11 is 0. The van der Waals surface area contributed by atoms with Gasteiger partial charge in [0.2, 0.25) is 5.91 Å². The van der Waals surface area contributed by atoms with Crippen molar-refractivity contribution in [3.63, 3.8) is 0 Å². The van der Waals surface area contributed by atoms with E-state index in [4.69, 9.17) is 5.73 Å². The predicted octanol–water partition coefficient (Wildman–Crippen LogP) is -0.0369. The van der Waals surface area contributed by atoms with Gasteiger partial charge in [-0.15, -0.1) is 0 Å². The van der Waals surface area contributed by atoms with Gasteiger partial charge in [-0.1, -0.05) is 25.5 Å². The normalized spacial score (nSPS) is 26.1. The quantitative estimate of drug-likeness (QED) is 0.438. The zero-order valence-electron chi connectivity index (χ0n) is 8.62. The van der Waals surface area contributed by atoms with Crippen LogP contribution in [-0.2, 0) is 4.79 Å². The highest BCUT2D eigenvalue weighted by atomic mass is 16.1. The monoisotopic (exact) mass is 197 g/mol. The van der Waals surface area contributed by atoms with Gasteiger partial charge in [-0.2, -0.15) is 0 Å². The van der Waals surface area contributed by atoms with Crippen LogP contribution in [0.1, 0.15) is 19.8 Å². The van der Waals surface area contributed by atoms with Crippen LogP contribution in [0.3, 0.4) is 0 Å². The van der Waals surface area contributed by atoms with E-state index in [9.17, 15) is 4.79 Å². The number of carbonyl (C=O) groups is 1. The molecule has 80 valence electrons. The van der Waals surface area contributed by atoms with Gasteiger partial charge < -0.3 is 11.1 Å². The van der Waals surface area contributed by atoms with Gasteiger partial charge in [0.25, 0.3) is 0 Å². The fourth-order valence-electron chi connectivity index (χ4n) is 1.42. The number of carbonyl (C=O) groups excluding carboxylic acids is 1. The number of unbranched alkanes of at least 4 members (excludes halogenated alkanes) is 1. The standard InChI is InChI=1S/C10H19N3O/c1-2-3-6-13-10(14)8-5-4-7-12-9(8)11/h4-5,8-9,12H,2-3,6-7,11H2,1H3,(H,13,14). The van der Waals surface area contributed by atoms with Crippen molar-refractivity contribution in [2.75, 3.05) is 13.1 Å². The molecule has 1 aliphatic rings. The van der Waals surface area contributed by atoms with Crippen molar-refractivity contribution in [1.29, 1.82) is 0 Å². The summed E-state index contributed by atoms with van der Waals surface area (Å²) in [6.07, 6.45) is 5.67. The maximum Gasteiger partial charge on any atom is 0.229 e. The van der Waals surface area contributed by atoms with E-state index in [0.29, 0.717) is 0 Å². The highest BCUT2D eigenvalue weighted by molar-refractivity contribution is 5.81. The Morgan fingerprint density at radius 2 is 2.50 bits per heavy atom. The molecule has 0 spiro atoms. The van der Waals surface area contributed by atoms with Crippen LogP contribution in [0.5, 0.6) is 0 Å². The first kappa shape index (κ1) is 11.2. The molecule has 2 unspecified atom stereocenters. The summed E-state index contributed by atoms with van der Waals surface area (Å²) in [6, 6.07) is 0. The van der Waals surface area contributed by atoms with Crippen molar-refractivity contribution >= 4 is 5.91 Å². The van der Waals surface area contributed by atoms with E-state index in [1.165, 1.54) is 0 Å². The van der Waals surface area contributed by atoms with Crippen LogP contribution < -0.4 is 16.4 Å². The Morgan fingerprint density at radius 1 is 1.71 bits per heavy atom. The Balaban J connectivity index is 2.35. The summed E-state index contributed by atoms with van der Waals surface area (Å²) in [7, 11) is 0. The van der Waals surface area contributed by atoms with E-state index >= 15 is 0 Å². The number of amides is 1. The highest BCUT2D eigenvalue weighted by Gasteiger charge is 2.23. The van der Waals surface area contributed by atoms with Crippen LogP contribution in [0.4, 0.5) is 0 Å². The molecule has 0 aromatic rings. The lowest BCUT2D eigenvalue weighted by atomic mass is 10.0. The fraction of sp³-hybridized carbons (Fsp3) is 0.700. The molecule has 0 aliphatic carbocycles. The summed E-state index contributed by atoms with van der Waals surface area (Å²) in [5.74, 6) is -0.199. The van der Waals surface area contributed by atoms with E-state index < -0.39 is 0 Å². The first-order valence-corrected chi connectivity index (χ1v) is 5.19. The lowest BCUT2D eigenvalue weighted by Crippen LogP contribution is -2.51. The molecule has 0 aromatic heterocycles. The molecule has 14 heavy (non-hydrogen) atoms. The first-order valence-electron chi connectivity index (χ1n) is 5.19. The zero-order chi connectivity index (χ0) is 10.4. The van der Waals surface area contributed by atoms with Crippen molar-refractivity contribution in [2.45, 2.75) is 25.9 Å². The molecule has 0 bridgehead atoms. The SMILES string of the molecule is CCCCNC(=O)C1C=CCNC1N. The lowest BCUT2D eigenvalue weighted by molar-refractivity contribution is -0.124. The van der Waals surface area contributed by atoms with Gasteiger partial charge >= 0.3 is 0 Å². The zero-order valence-corrected chi connectivity index (χ0v) is 8.62. The minimum Gasteiger partial charge on any atom is -0.355 e. The molecule has 1 amide bonds. The molecule has 0 fully saturated rings. The van der Waals surface area contributed by atoms with E-state index in [0.717, 1.165) is 25.9 Å². The molecule has 0 radical (unpaired) electrons. The maximum absolute atomic E-state index is 11.6. The van der Waals surface area contributed by atoms with Crippen LogP contribution in [0, 0.1) is 5.92 Å². The topological polar surface area (TPSA) is 67.2 Å². The lowest BCUT2D eigenvalue weighted by Gasteiger charge is -2.24. The predicted molar refractivity (Wildman–Crippen MR) is 56.5 cm³/mol. The van der Waals surface area contributed by atoms with Gasteiger partial charge in [-0.05, 0) is 6.42 Å². The Bertz CT molecular complexity index is 215. The molecule has 1 aliphatic heterocycles. The second-order valence-corrected chi connectivity index (χ2v) is 3.53. The summed E-state index contributed by atoms with van der Waals surface area (Å²) in [4.78, 5) is 11.6. The Kier molecular flexibility index (Phi) is 4.62. The van der Waals surface area contributed by atoms with E-state index in [2.05, 4.69) is 17.6 Å². The van der Waals surface area contributed by atoms with Crippen molar-refractivity contribution in [2.24, 2.45) is 11.7 Å². The van der Waals surface area contributed by atoms with Gasteiger partial charge in [-0.3, -0.25) is 10.1 Å². The third kappa shape index (κ3) is 3.12. The Hall–Kier alpha value is -0.870. The van der Waals surface area contributed by atoms with Crippen LogP contribution in [0.2, 0.25) is 0 Å². The highest BCUT2D eigenvalue weighted by Crippen LogP contribution is 2.06. The molecule has 4 nitrogen and oxygen atoms in total. The Morgan fingerprint density at radius 3 is 3.14 bits per heavy atom. The van der Waals surface area contributed by atoms with Crippen molar-refractivity contribution in [1.82, 2.24) is 10.6 Å². The smallest absolute Gasteiger partial charge is 0.229 e. The van der Waals surface area contributed by atoms with Gasteiger partial charge in [-0.25, -0.2) is 0 Å². The maximum atomic E-state index is 11.6. The van der Waals surface area contributed by atoms with Crippen LogP contribution in [-0.4, -0.2) is 25.2 Å². The number of rotatable bonds is 4. The number of nitrogens with two attached hydrogens (primary N) is 1. The molecule has 1 heterocycles. The third-order valence-corrected chi connectivity index (χ3v) is 2.33. The molecule has 0 aromatic carbocycles. The average Bonchev–Trinajstić information content (AvgIpc) is 2.18. The molecule has 2 atom stereocenters. The molecular formula is C10H19N3O. The van der Waals surface area contributed by atoms with Crippen molar-refractivity contribution in [3.05, 3.63) is 12.2 Å². The second kappa shape index (κ2) is 5.78.